The van der Waals surface area contributed by atoms with E-state index in [9.17, 15) is 5.11 Å². The van der Waals surface area contributed by atoms with Crippen LogP contribution in [0.25, 0.3) is 0 Å². The van der Waals surface area contributed by atoms with Gasteiger partial charge >= 0.3 is 0 Å². The van der Waals surface area contributed by atoms with Crippen LogP contribution in [0.3, 0.4) is 0 Å². The van der Waals surface area contributed by atoms with Crippen molar-refractivity contribution in [2.75, 3.05) is 5.32 Å². The third-order valence-electron chi connectivity index (χ3n) is 4.13. The first-order chi connectivity index (χ1) is 7.66. The topological polar surface area (TPSA) is 32.3 Å². The van der Waals surface area contributed by atoms with Crippen molar-refractivity contribution in [3.05, 3.63) is 28.8 Å². The predicted molar refractivity (Wildman–Crippen MR) is 65.6 cm³/mol. The molecule has 1 aliphatic heterocycles. The summed E-state index contributed by atoms with van der Waals surface area (Å²) in [6, 6.07) is 4.66. The van der Waals surface area contributed by atoms with Gasteiger partial charge in [-0.15, -0.1) is 0 Å². The molecule has 1 aromatic carbocycles. The van der Waals surface area contributed by atoms with Crippen molar-refractivity contribution in [2.24, 2.45) is 5.92 Å². The first-order valence-corrected chi connectivity index (χ1v) is 6.21. The molecule has 0 bridgehead atoms. The Balaban J connectivity index is 2.01. The first kappa shape index (κ1) is 10.2. The Bertz CT molecular complexity index is 423. The molecule has 1 saturated carbocycles. The number of benzene rings is 1. The summed E-state index contributed by atoms with van der Waals surface area (Å²) < 4.78 is 0. The quantitative estimate of drug-likeness (QED) is 0.758. The number of hydrogen-bond donors (Lipinski definition) is 2. The van der Waals surface area contributed by atoms with E-state index in [4.69, 9.17) is 0 Å². The zero-order valence-electron chi connectivity index (χ0n) is 9.96. The van der Waals surface area contributed by atoms with Crippen molar-refractivity contribution in [3.8, 4) is 0 Å². The Morgan fingerprint density at radius 2 is 2.00 bits per heavy atom. The zero-order valence-corrected chi connectivity index (χ0v) is 9.96. The number of hydrogen-bond acceptors (Lipinski definition) is 2. The molecule has 1 aliphatic carbocycles. The van der Waals surface area contributed by atoms with Gasteiger partial charge in [-0.25, -0.2) is 0 Å². The lowest BCUT2D eigenvalue weighted by atomic mass is 9.89. The van der Waals surface area contributed by atoms with Crippen LogP contribution in [0.15, 0.2) is 12.1 Å². The van der Waals surface area contributed by atoms with Crippen LogP contribution in [0.2, 0.25) is 0 Å². The Hall–Kier alpha value is -1.02. The van der Waals surface area contributed by atoms with Crippen molar-refractivity contribution >= 4 is 5.69 Å². The van der Waals surface area contributed by atoms with Crippen molar-refractivity contribution in [1.29, 1.82) is 0 Å². The van der Waals surface area contributed by atoms with Crippen molar-refractivity contribution in [2.45, 2.75) is 45.3 Å². The molecule has 2 unspecified atom stereocenters. The third-order valence-corrected chi connectivity index (χ3v) is 4.13. The predicted octanol–water partition coefficient (Wildman–Crippen LogP) is 2.93. The van der Waals surface area contributed by atoms with Crippen LogP contribution in [0.4, 0.5) is 5.69 Å². The van der Waals surface area contributed by atoms with E-state index in [1.54, 1.807) is 0 Å². The molecule has 2 aliphatic rings. The van der Waals surface area contributed by atoms with Gasteiger partial charge in [0.05, 0.1) is 6.10 Å². The van der Waals surface area contributed by atoms with E-state index in [1.807, 2.05) is 0 Å². The maximum absolute atomic E-state index is 10.2. The molecular weight excluding hydrogens is 198 g/mol. The summed E-state index contributed by atoms with van der Waals surface area (Å²) in [6.45, 7) is 4.27. The van der Waals surface area contributed by atoms with Gasteiger partial charge in [-0.3, -0.25) is 0 Å². The van der Waals surface area contributed by atoms with E-state index in [0.717, 1.165) is 17.9 Å². The van der Waals surface area contributed by atoms with Gasteiger partial charge in [0.1, 0.15) is 0 Å². The third kappa shape index (κ3) is 1.52. The summed E-state index contributed by atoms with van der Waals surface area (Å²) in [5.41, 5.74) is 4.87. The fraction of sp³-hybridized carbons (Fsp3) is 0.571. The van der Waals surface area contributed by atoms with Crippen LogP contribution in [0.5, 0.6) is 0 Å². The lowest BCUT2D eigenvalue weighted by molar-refractivity contribution is 0.152. The molecule has 0 spiro atoms. The second-order valence-electron chi connectivity index (χ2n) is 5.31. The molecule has 1 aromatic rings. The van der Waals surface area contributed by atoms with Crippen molar-refractivity contribution in [1.82, 2.24) is 0 Å². The number of aliphatic hydroxyl groups is 1. The molecule has 0 aromatic heterocycles. The minimum absolute atomic E-state index is 0.277. The summed E-state index contributed by atoms with van der Waals surface area (Å²) in [7, 11) is 0. The molecule has 2 heteroatoms. The molecule has 86 valence electrons. The maximum Gasteiger partial charge on any atom is 0.0829 e. The van der Waals surface area contributed by atoms with Crippen LogP contribution in [0, 0.1) is 19.8 Å². The summed E-state index contributed by atoms with van der Waals surface area (Å²) in [4.78, 5) is 0. The summed E-state index contributed by atoms with van der Waals surface area (Å²) in [6.07, 6.45) is 3.25. The summed E-state index contributed by atoms with van der Waals surface area (Å²) >= 11 is 0. The molecule has 3 rings (SSSR count). The molecule has 0 amide bonds. The standard InChI is InChI=1S/C14H19NO/c1-8-3-6-11-13(16)7-12(10-4-5-10)15-14(11)9(8)2/h3,6,10,12-13,15-16H,4-5,7H2,1-2H3. The highest BCUT2D eigenvalue weighted by Crippen LogP contribution is 2.43. The van der Waals surface area contributed by atoms with E-state index < -0.39 is 0 Å². The van der Waals surface area contributed by atoms with E-state index in [2.05, 4.69) is 31.3 Å². The largest absolute Gasteiger partial charge is 0.388 e. The highest BCUT2D eigenvalue weighted by atomic mass is 16.3. The van der Waals surface area contributed by atoms with E-state index >= 15 is 0 Å². The van der Waals surface area contributed by atoms with Crippen molar-refractivity contribution in [3.63, 3.8) is 0 Å². The molecule has 16 heavy (non-hydrogen) atoms. The molecule has 0 saturated heterocycles. The molecule has 1 fully saturated rings. The minimum atomic E-state index is -0.277. The Morgan fingerprint density at radius 3 is 2.69 bits per heavy atom. The number of nitrogens with one attached hydrogen (secondary N) is 1. The van der Waals surface area contributed by atoms with E-state index in [0.29, 0.717) is 6.04 Å². The second-order valence-corrected chi connectivity index (χ2v) is 5.31. The van der Waals surface area contributed by atoms with Crippen molar-refractivity contribution < 1.29 is 5.11 Å². The van der Waals surface area contributed by atoms with Gasteiger partial charge in [0.2, 0.25) is 0 Å². The first-order valence-electron chi connectivity index (χ1n) is 6.21. The smallest absolute Gasteiger partial charge is 0.0829 e. The minimum Gasteiger partial charge on any atom is -0.388 e. The number of anilines is 1. The highest BCUT2D eigenvalue weighted by Gasteiger charge is 2.36. The van der Waals surface area contributed by atoms with Gasteiger partial charge in [-0.1, -0.05) is 12.1 Å². The van der Waals surface area contributed by atoms with Gasteiger partial charge in [-0.2, -0.15) is 0 Å². The van der Waals surface area contributed by atoms with Gasteiger partial charge in [-0.05, 0) is 50.2 Å². The van der Waals surface area contributed by atoms with Gasteiger partial charge < -0.3 is 10.4 Å². The lowest BCUT2D eigenvalue weighted by Crippen LogP contribution is -2.30. The van der Waals surface area contributed by atoms with E-state index in [1.165, 1.54) is 29.7 Å². The maximum atomic E-state index is 10.2. The number of aliphatic hydroxyl groups excluding tert-OH is 1. The average molecular weight is 217 g/mol. The average Bonchev–Trinajstić information content (AvgIpc) is 3.07. The fourth-order valence-corrected chi connectivity index (χ4v) is 2.73. The second kappa shape index (κ2) is 3.49. The molecule has 2 atom stereocenters. The molecule has 0 radical (unpaired) electrons. The lowest BCUT2D eigenvalue weighted by Gasteiger charge is -2.32. The molecular formula is C14H19NO. The Morgan fingerprint density at radius 1 is 1.25 bits per heavy atom. The Kier molecular flexibility index (Phi) is 2.21. The number of fused-ring (bicyclic) bond motifs is 1. The van der Waals surface area contributed by atoms with Crippen LogP contribution < -0.4 is 5.32 Å². The van der Waals surface area contributed by atoms with Crippen LogP contribution in [-0.2, 0) is 0 Å². The number of rotatable bonds is 1. The Labute approximate surface area is 96.7 Å². The van der Waals surface area contributed by atoms with Crippen LogP contribution in [0.1, 0.15) is 42.1 Å². The monoisotopic (exact) mass is 217 g/mol. The zero-order chi connectivity index (χ0) is 11.3. The highest BCUT2D eigenvalue weighted by molar-refractivity contribution is 5.62. The molecule has 1 heterocycles. The molecule has 2 N–H and O–H groups in total. The normalized spacial score (nSPS) is 28.4. The summed E-state index contributed by atoms with van der Waals surface area (Å²) in [5, 5.41) is 13.8. The number of aryl methyl sites for hydroxylation is 1. The van der Waals surface area contributed by atoms with E-state index in [-0.39, 0.29) is 6.10 Å². The van der Waals surface area contributed by atoms with Crippen LogP contribution >= 0.6 is 0 Å². The fourth-order valence-electron chi connectivity index (χ4n) is 2.73. The summed E-state index contributed by atoms with van der Waals surface area (Å²) in [5.74, 6) is 0.794. The SMILES string of the molecule is Cc1ccc2c(c1C)NC(C1CC1)CC2O. The van der Waals surface area contributed by atoms with Gasteiger partial charge in [0.15, 0.2) is 0 Å². The van der Waals surface area contributed by atoms with Crippen LogP contribution in [-0.4, -0.2) is 11.1 Å². The van der Waals surface area contributed by atoms with Gasteiger partial charge in [0.25, 0.3) is 0 Å². The molecule has 2 nitrogen and oxygen atoms in total. The van der Waals surface area contributed by atoms with Gasteiger partial charge in [0, 0.05) is 17.3 Å².